The number of hydrogen-bond acceptors (Lipinski definition) is 6. The van der Waals surface area contributed by atoms with Crippen LogP contribution in [0.1, 0.15) is 46.5 Å². The number of hydrogen-bond donors (Lipinski definition) is 1. The average Bonchev–Trinajstić information content (AvgIpc) is 2.99. The van der Waals surface area contributed by atoms with Gasteiger partial charge in [0.15, 0.2) is 5.16 Å². The van der Waals surface area contributed by atoms with Crippen LogP contribution in [0.2, 0.25) is 0 Å². The Bertz CT molecular complexity index is 432. The smallest absolute Gasteiger partial charge is 0.231 e. The van der Waals surface area contributed by atoms with Crippen molar-refractivity contribution >= 4 is 23.7 Å². The van der Waals surface area contributed by atoms with Crippen molar-refractivity contribution in [3.05, 3.63) is 0 Å². The van der Waals surface area contributed by atoms with E-state index in [2.05, 4.69) is 45.9 Å². The number of nitrogens with one attached hydrogen (secondary N) is 1. The van der Waals surface area contributed by atoms with E-state index in [1.807, 2.05) is 0 Å². The summed E-state index contributed by atoms with van der Waals surface area (Å²) in [7, 11) is 0. The largest absolute Gasteiger partial charge is 0.354 e. The molecule has 2 rings (SSSR count). The van der Waals surface area contributed by atoms with E-state index >= 15 is 0 Å². The Hall–Kier alpha value is -1.04. The fourth-order valence-corrected chi connectivity index (χ4v) is 3.24. The third-order valence-corrected chi connectivity index (χ3v) is 4.33. The van der Waals surface area contributed by atoms with Crippen LogP contribution >= 0.6 is 11.8 Å². The molecule has 5 nitrogen and oxygen atoms in total. The molecule has 118 valence electrons. The molecule has 0 bridgehead atoms. The number of anilines is 2. The second-order valence-corrected chi connectivity index (χ2v) is 6.96. The van der Waals surface area contributed by atoms with E-state index in [-0.39, 0.29) is 0 Å². The van der Waals surface area contributed by atoms with Gasteiger partial charge in [0, 0.05) is 25.4 Å². The molecule has 1 aliphatic rings. The molecule has 1 saturated heterocycles. The average molecular weight is 309 g/mol. The van der Waals surface area contributed by atoms with Gasteiger partial charge in [-0.2, -0.15) is 15.0 Å². The molecule has 0 radical (unpaired) electrons. The van der Waals surface area contributed by atoms with Crippen molar-refractivity contribution in [2.75, 3.05) is 35.6 Å². The second kappa shape index (κ2) is 8.41. The molecule has 1 aromatic heterocycles. The summed E-state index contributed by atoms with van der Waals surface area (Å²) < 4.78 is 0. The van der Waals surface area contributed by atoms with E-state index < -0.39 is 0 Å². The van der Waals surface area contributed by atoms with Gasteiger partial charge in [-0.15, -0.1) is 0 Å². The van der Waals surface area contributed by atoms with Gasteiger partial charge in [-0.1, -0.05) is 32.5 Å². The van der Waals surface area contributed by atoms with Gasteiger partial charge in [-0.25, -0.2) is 0 Å². The highest BCUT2D eigenvalue weighted by atomic mass is 32.2. The lowest BCUT2D eigenvalue weighted by atomic mass is 10.2. The van der Waals surface area contributed by atoms with Crippen molar-refractivity contribution in [1.29, 1.82) is 0 Å². The highest BCUT2D eigenvalue weighted by molar-refractivity contribution is 7.99. The molecule has 1 aliphatic heterocycles. The number of nitrogens with zero attached hydrogens (tertiary/aromatic N) is 4. The first kappa shape index (κ1) is 16.3. The summed E-state index contributed by atoms with van der Waals surface area (Å²) in [5.41, 5.74) is 0. The maximum absolute atomic E-state index is 4.65. The minimum Gasteiger partial charge on any atom is -0.354 e. The molecule has 0 saturated carbocycles. The van der Waals surface area contributed by atoms with Crippen LogP contribution in [-0.4, -0.2) is 40.3 Å². The molecule has 2 heterocycles. The van der Waals surface area contributed by atoms with Crippen molar-refractivity contribution < 1.29 is 0 Å². The highest BCUT2D eigenvalue weighted by Gasteiger charge is 2.17. The predicted molar refractivity (Wildman–Crippen MR) is 90.2 cm³/mol. The lowest BCUT2D eigenvalue weighted by Crippen LogP contribution is -2.22. The SMILES string of the molecule is CCCNc1nc(SCCC(C)C)nc(N2CCCC2)n1. The number of thioether (sulfide) groups is 1. The van der Waals surface area contributed by atoms with Gasteiger partial charge < -0.3 is 10.2 Å². The van der Waals surface area contributed by atoms with Crippen molar-refractivity contribution in [2.45, 2.75) is 51.6 Å². The van der Waals surface area contributed by atoms with Gasteiger partial charge >= 0.3 is 0 Å². The molecular weight excluding hydrogens is 282 g/mol. The standard InChI is InChI=1S/C15H27N5S/c1-4-8-16-13-17-14(20-9-5-6-10-20)19-15(18-13)21-11-7-12(2)3/h12H,4-11H2,1-3H3,(H,16,17,18,19). The topological polar surface area (TPSA) is 53.9 Å². The van der Waals surface area contributed by atoms with Gasteiger partial charge in [0.1, 0.15) is 0 Å². The molecular formula is C15H27N5S. The molecule has 1 fully saturated rings. The van der Waals surface area contributed by atoms with Crippen LogP contribution in [-0.2, 0) is 0 Å². The first-order chi connectivity index (χ1) is 10.2. The maximum atomic E-state index is 4.65. The molecule has 21 heavy (non-hydrogen) atoms. The summed E-state index contributed by atoms with van der Waals surface area (Å²) in [5.74, 6) is 3.35. The minimum atomic E-state index is 0.718. The normalized spacial score (nSPS) is 15.0. The van der Waals surface area contributed by atoms with Gasteiger partial charge in [-0.05, 0) is 31.6 Å². The first-order valence-electron chi connectivity index (χ1n) is 8.06. The maximum Gasteiger partial charge on any atom is 0.231 e. The van der Waals surface area contributed by atoms with Crippen LogP contribution in [0.4, 0.5) is 11.9 Å². The Kier molecular flexibility index (Phi) is 6.54. The van der Waals surface area contributed by atoms with Crippen LogP contribution in [0.15, 0.2) is 5.16 Å². The molecule has 1 N–H and O–H groups in total. The summed E-state index contributed by atoms with van der Waals surface area (Å²) in [5, 5.41) is 4.15. The van der Waals surface area contributed by atoms with E-state index in [0.717, 1.165) is 54.8 Å². The van der Waals surface area contributed by atoms with Gasteiger partial charge in [0.25, 0.3) is 0 Å². The summed E-state index contributed by atoms with van der Waals surface area (Å²) in [6.45, 7) is 9.67. The van der Waals surface area contributed by atoms with Crippen LogP contribution in [0.3, 0.4) is 0 Å². The molecule has 6 heteroatoms. The van der Waals surface area contributed by atoms with Crippen LogP contribution in [0.5, 0.6) is 0 Å². The Balaban J connectivity index is 2.07. The van der Waals surface area contributed by atoms with Crippen molar-refractivity contribution in [3.63, 3.8) is 0 Å². The van der Waals surface area contributed by atoms with E-state index in [9.17, 15) is 0 Å². The minimum absolute atomic E-state index is 0.718. The zero-order valence-electron chi connectivity index (χ0n) is 13.4. The summed E-state index contributed by atoms with van der Waals surface area (Å²) >= 11 is 1.74. The molecule has 0 atom stereocenters. The Morgan fingerprint density at radius 3 is 2.62 bits per heavy atom. The molecule has 0 amide bonds. The van der Waals surface area contributed by atoms with E-state index in [1.165, 1.54) is 19.3 Å². The van der Waals surface area contributed by atoms with E-state index in [0.29, 0.717) is 0 Å². The Morgan fingerprint density at radius 2 is 1.95 bits per heavy atom. The molecule has 0 aliphatic carbocycles. The van der Waals surface area contributed by atoms with Gasteiger partial charge in [0.05, 0.1) is 0 Å². The second-order valence-electron chi connectivity index (χ2n) is 5.89. The predicted octanol–water partition coefficient (Wildman–Crippen LogP) is 3.43. The van der Waals surface area contributed by atoms with Crippen molar-refractivity contribution in [3.8, 4) is 0 Å². The van der Waals surface area contributed by atoms with E-state index in [1.54, 1.807) is 11.8 Å². The highest BCUT2D eigenvalue weighted by Crippen LogP contribution is 2.22. The van der Waals surface area contributed by atoms with Crippen LogP contribution in [0.25, 0.3) is 0 Å². The quantitative estimate of drug-likeness (QED) is 0.743. The molecule has 0 unspecified atom stereocenters. The van der Waals surface area contributed by atoms with E-state index in [4.69, 9.17) is 0 Å². The third kappa shape index (κ3) is 5.34. The third-order valence-electron chi connectivity index (χ3n) is 3.45. The molecule has 0 aromatic carbocycles. The Morgan fingerprint density at radius 1 is 1.19 bits per heavy atom. The molecule has 0 spiro atoms. The Labute approximate surface area is 132 Å². The van der Waals surface area contributed by atoms with Crippen molar-refractivity contribution in [2.24, 2.45) is 5.92 Å². The summed E-state index contributed by atoms with van der Waals surface area (Å²) in [6.07, 6.45) is 4.73. The molecule has 1 aromatic rings. The van der Waals surface area contributed by atoms with Gasteiger partial charge in [0.2, 0.25) is 11.9 Å². The van der Waals surface area contributed by atoms with Gasteiger partial charge in [-0.3, -0.25) is 0 Å². The van der Waals surface area contributed by atoms with Crippen LogP contribution in [0, 0.1) is 5.92 Å². The van der Waals surface area contributed by atoms with Crippen molar-refractivity contribution in [1.82, 2.24) is 15.0 Å². The lowest BCUT2D eigenvalue weighted by molar-refractivity contribution is 0.631. The zero-order valence-corrected chi connectivity index (χ0v) is 14.2. The first-order valence-corrected chi connectivity index (χ1v) is 9.05. The lowest BCUT2D eigenvalue weighted by Gasteiger charge is -2.16. The monoisotopic (exact) mass is 309 g/mol. The summed E-state index contributed by atoms with van der Waals surface area (Å²) in [4.78, 5) is 16.0. The zero-order chi connectivity index (χ0) is 15.1. The number of aromatic nitrogens is 3. The van der Waals surface area contributed by atoms with Crippen LogP contribution < -0.4 is 10.2 Å². The fourth-order valence-electron chi connectivity index (χ4n) is 2.17. The number of rotatable bonds is 8. The fraction of sp³-hybridized carbons (Fsp3) is 0.800. The summed E-state index contributed by atoms with van der Waals surface area (Å²) in [6, 6.07) is 0.